The largest absolute Gasteiger partial charge is 0.344 e. The molecule has 0 atom stereocenters. The van der Waals surface area contributed by atoms with Crippen LogP contribution in [0.15, 0.2) is 16.9 Å². The van der Waals surface area contributed by atoms with E-state index in [4.69, 9.17) is 0 Å². The van der Waals surface area contributed by atoms with Gasteiger partial charge in [-0.3, -0.25) is 9.59 Å². The van der Waals surface area contributed by atoms with E-state index in [1.54, 1.807) is 0 Å². The molecule has 1 fully saturated rings. The molecule has 1 aliphatic carbocycles. The number of rotatable bonds is 3. The maximum Gasteiger partial charge on any atom is 0.272 e. The number of hydrogen-bond acceptors (Lipinski definition) is 3. The highest BCUT2D eigenvalue weighted by Gasteiger charge is 2.35. The Hall–Kier alpha value is -1.17. The van der Waals surface area contributed by atoms with Crippen LogP contribution in [0.1, 0.15) is 43.1 Å². The predicted molar refractivity (Wildman–Crippen MR) is 76.5 cm³/mol. The summed E-state index contributed by atoms with van der Waals surface area (Å²) in [5.74, 6) is 0.487. The first-order chi connectivity index (χ1) is 9.04. The van der Waals surface area contributed by atoms with Gasteiger partial charge in [-0.1, -0.05) is 22.9 Å². The molecule has 0 spiro atoms. The minimum atomic E-state index is -0.307. The van der Waals surface area contributed by atoms with Gasteiger partial charge in [0.25, 0.3) is 11.5 Å². The Bertz CT molecular complexity index is 486. The summed E-state index contributed by atoms with van der Waals surface area (Å²) < 4.78 is 0. The fourth-order valence-corrected chi connectivity index (χ4v) is 3.08. The van der Waals surface area contributed by atoms with Gasteiger partial charge in [0, 0.05) is 11.4 Å². The number of carbonyl (C=O) groups is 1. The zero-order valence-electron chi connectivity index (χ0n) is 10.9. The van der Waals surface area contributed by atoms with Crippen molar-refractivity contribution in [2.45, 2.75) is 38.1 Å². The van der Waals surface area contributed by atoms with Crippen LogP contribution in [0, 0.1) is 5.92 Å². The molecule has 104 valence electrons. The lowest BCUT2D eigenvalue weighted by Gasteiger charge is -2.38. The van der Waals surface area contributed by atoms with Crippen LogP contribution in [0.3, 0.4) is 0 Å². The Labute approximate surface area is 120 Å². The summed E-state index contributed by atoms with van der Waals surface area (Å²) in [6.07, 6.45) is 4.17. The van der Waals surface area contributed by atoms with Crippen molar-refractivity contribution in [2.24, 2.45) is 5.92 Å². The van der Waals surface area contributed by atoms with Crippen molar-refractivity contribution in [3.8, 4) is 0 Å². The van der Waals surface area contributed by atoms with Crippen molar-refractivity contribution in [1.29, 1.82) is 0 Å². The average Bonchev–Trinajstić information content (AvgIpc) is 2.42. The summed E-state index contributed by atoms with van der Waals surface area (Å²) in [5, 5.41) is 9.84. The first-order valence-electron chi connectivity index (χ1n) is 6.49. The lowest BCUT2D eigenvalue weighted by molar-refractivity contribution is 0.0868. The molecular formula is C13H18BrN3O2. The molecular weight excluding hydrogens is 310 g/mol. The van der Waals surface area contributed by atoms with Crippen molar-refractivity contribution < 1.29 is 4.79 Å². The van der Waals surface area contributed by atoms with Gasteiger partial charge in [-0.25, -0.2) is 5.10 Å². The Morgan fingerprint density at radius 1 is 1.53 bits per heavy atom. The average molecular weight is 328 g/mol. The van der Waals surface area contributed by atoms with Crippen molar-refractivity contribution in [3.63, 3.8) is 0 Å². The number of hydrogen-bond donors (Lipinski definition) is 2. The minimum absolute atomic E-state index is 0.193. The number of aromatic amines is 1. The van der Waals surface area contributed by atoms with Crippen LogP contribution in [-0.2, 0) is 0 Å². The van der Waals surface area contributed by atoms with E-state index < -0.39 is 0 Å². The Kier molecular flexibility index (Phi) is 4.39. The molecule has 1 aromatic rings. The maximum absolute atomic E-state index is 12.2. The standard InChI is InChI=1S/C13H18BrN3O2/c1-9-4-6-13(8-14,7-5-9)15-12(19)10-2-3-11(18)17-16-10/h2-3,9H,4-8H2,1H3,(H,15,19)(H,17,18). The second-order valence-corrected chi connectivity index (χ2v) is 5.92. The number of alkyl halides is 1. The molecule has 1 aliphatic rings. The molecule has 0 aliphatic heterocycles. The van der Waals surface area contributed by atoms with E-state index in [9.17, 15) is 9.59 Å². The minimum Gasteiger partial charge on any atom is -0.344 e. The van der Waals surface area contributed by atoms with Crippen LogP contribution >= 0.6 is 15.9 Å². The number of halogens is 1. The summed E-state index contributed by atoms with van der Waals surface area (Å²) in [6, 6.07) is 2.76. The molecule has 0 unspecified atom stereocenters. The summed E-state index contributed by atoms with van der Waals surface area (Å²) >= 11 is 3.51. The summed E-state index contributed by atoms with van der Waals surface area (Å²) in [7, 11) is 0. The van der Waals surface area contributed by atoms with Crippen molar-refractivity contribution in [2.75, 3.05) is 5.33 Å². The van der Waals surface area contributed by atoms with E-state index in [2.05, 4.69) is 38.4 Å². The molecule has 1 heterocycles. The van der Waals surface area contributed by atoms with Gasteiger partial charge in [0.15, 0.2) is 0 Å². The fourth-order valence-electron chi connectivity index (χ4n) is 2.38. The van der Waals surface area contributed by atoms with Crippen LogP contribution in [-0.4, -0.2) is 27.0 Å². The Balaban J connectivity index is 2.08. The van der Waals surface area contributed by atoms with Crippen LogP contribution in [0.25, 0.3) is 0 Å². The molecule has 5 nitrogen and oxygen atoms in total. The van der Waals surface area contributed by atoms with Crippen molar-refractivity contribution >= 4 is 21.8 Å². The van der Waals surface area contributed by atoms with Crippen LogP contribution < -0.4 is 10.9 Å². The van der Waals surface area contributed by atoms with Gasteiger partial charge in [0.1, 0.15) is 5.69 Å². The van der Waals surface area contributed by atoms with E-state index in [0.29, 0.717) is 0 Å². The molecule has 0 saturated heterocycles. The van der Waals surface area contributed by atoms with Gasteiger partial charge in [-0.2, -0.15) is 5.10 Å². The van der Waals surface area contributed by atoms with Crippen LogP contribution in [0.2, 0.25) is 0 Å². The zero-order chi connectivity index (χ0) is 13.9. The molecule has 6 heteroatoms. The second-order valence-electron chi connectivity index (χ2n) is 5.36. The van der Waals surface area contributed by atoms with Crippen LogP contribution in [0.4, 0.5) is 0 Å². The lowest BCUT2D eigenvalue weighted by atomic mass is 9.78. The lowest BCUT2D eigenvalue weighted by Crippen LogP contribution is -2.52. The normalized spacial score (nSPS) is 26.9. The number of nitrogens with zero attached hydrogens (tertiary/aromatic N) is 1. The molecule has 1 saturated carbocycles. The molecule has 2 rings (SSSR count). The van der Waals surface area contributed by atoms with Crippen molar-refractivity contribution in [1.82, 2.24) is 15.5 Å². The van der Waals surface area contributed by atoms with Gasteiger partial charge in [0.2, 0.25) is 0 Å². The number of amides is 1. The fraction of sp³-hybridized carbons (Fsp3) is 0.615. The number of carbonyl (C=O) groups excluding carboxylic acids is 1. The predicted octanol–water partition coefficient (Wildman–Crippen LogP) is 1.84. The third-order valence-corrected chi connectivity index (χ3v) is 4.85. The first-order valence-corrected chi connectivity index (χ1v) is 7.61. The molecule has 1 amide bonds. The van der Waals surface area contributed by atoms with Gasteiger partial charge >= 0.3 is 0 Å². The Morgan fingerprint density at radius 2 is 2.21 bits per heavy atom. The third-order valence-electron chi connectivity index (χ3n) is 3.78. The van der Waals surface area contributed by atoms with Crippen LogP contribution in [0.5, 0.6) is 0 Å². The highest BCUT2D eigenvalue weighted by molar-refractivity contribution is 9.09. The highest BCUT2D eigenvalue weighted by Crippen LogP contribution is 2.33. The molecule has 0 aromatic carbocycles. The monoisotopic (exact) mass is 327 g/mol. The summed E-state index contributed by atoms with van der Waals surface area (Å²) in [6.45, 7) is 2.24. The SMILES string of the molecule is CC1CCC(CBr)(NC(=O)c2ccc(=O)[nH]n2)CC1. The Morgan fingerprint density at radius 3 is 2.74 bits per heavy atom. The van der Waals surface area contributed by atoms with E-state index in [0.717, 1.165) is 36.9 Å². The smallest absolute Gasteiger partial charge is 0.272 e. The molecule has 19 heavy (non-hydrogen) atoms. The zero-order valence-corrected chi connectivity index (χ0v) is 12.5. The van der Waals surface area contributed by atoms with E-state index in [-0.39, 0.29) is 22.7 Å². The highest BCUT2D eigenvalue weighted by atomic mass is 79.9. The second kappa shape index (κ2) is 5.86. The topological polar surface area (TPSA) is 74.8 Å². The molecule has 2 N–H and O–H groups in total. The molecule has 1 aromatic heterocycles. The van der Waals surface area contributed by atoms with Crippen molar-refractivity contribution in [3.05, 3.63) is 28.2 Å². The maximum atomic E-state index is 12.2. The third kappa shape index (κ3) is 3.43. The van der Waals surface area contributed by atoms with E-state index in [1.165, 1.54) is 12.1 Å². The van der Waals surface area contributed by atoms with Gasteiger partial charge in [0.05, 0.1) is 5.54 Å². The summed E-state index contributed by atoms with van der Waals surface area (Å²) in [5.41, 5.74) is -0.252. The molecule has 0 radical (unpaired) electrons. The van der Waals surface area contributed by atoms with Gasteiger partial charge < -0.3 is 5.32 Å². The number of H-pyrrole nitrogens is 1. The van der Waals surface area contributed by atoms with Gasteiger partial charge in [-0.05, 0) is 37.7 Å². The molecule has 0 bridgehead atoms. The number of nitrogens with one attached hydrogen (secondary N) is 2. The quantitative estimate of drug-likeness (QED) is 0.832. The van der Waals surface area contributed by atoms with Gasteiger partial charge in [-0.15, -0.1) is 0 Å². The first kappa shape index (κ1) is 14.2. The number of aromatic nitrogens is 2. The van der Waals surface area contributed by atoms with E-state index in [1.807, 2.05) is 0 Å². The summed E-state index contributed by atoms with van der Waals surface area (Å²) in [4.78, 5) is 23.1. The van der Waals surface area contributed by atoms with E-state index >= 15 is 0 Å².